The molecule has 0 spiro atoms. The van der Waals surface area contributed by atoms with Crippen molar-refractivity contribution in [3.8, 4) is 11.3 Å². The average molecular weight is 293 g/mol. The van der Waals surface area contributed by atoms with E-state index in [2.05, 4.69) is 15.3 Å². The van der Waals surface area contributed by atoms with E-state index in [0.29, 0.717) is 5.69 Å². The van der Waals surface area contributed by atoms with Crippen molar-refractivity contribution < 1.29 is 4.42 Å². The molecule has 22 heavy (non-hydrogen) atoms. The van der Waals surface area contributed by atoms with E-state index in [1.807, 2.05) is 30.3 Å². The summed E-state index contributed by atoms with van der Waals surface area (Å²) in [5.41, 5.74) is 16.1. The first-order chi connectivity index (χ1) is 10.7. The minimum absolute atomic E-state index is 0.235. The van der Waals surface area contributed by atoms with Gasteiger partial charge in [0.1, 0.15) is 11.6 Å². The summed E-state index contributed by atoms with van der Waals surface area (Å²) in [5, 5.41) is 3.29. The number of aryl methyl sites for hydroxylation is 1. The fraction of sp³-hybridized carbons (Fsp3) is 0.125. The zero-order valence-corrected chi connectivity index (χ0v) is 11.8. The van der Waals surface area contributed by atoms with Gasteiger partial charge in [0.15, 0.2) is 0 Å². The first-order valence-electron chi connectivity index (χ1n) is 7.06. The summed E-state index contributed by atoms with van der Waals surface area (Å²) in [5.74, 6) is 1.90. The number of nitrogens with zero attached hydrogens (tertiary/aromatic N) is 2. The summed E-state index contributed by atoms with van der Waals surface area (Å²) < 4.78 is 5.49. The van der Waals surface area contributed by atoms with Gasteiger partial charge in [0.05, 0.1) is 12.0 Å². The Labute approximate surface area is 127 Å². The number of rotatable bonds is 2. The molecule has 0 saturated heterocycles. The van der Waals surface area contributed by atoms with Gasteiger partial charge in [0.2, 0.25) is 5.95 Å². The van der Waals surface area contributed by atoms with E-state index in [4.69, 9.17) is 15.9 Å². The number of hydrogen-bond donors (Lipinski definition) is 3. The summed E-state index contributed by atoms with van der Waals surface area (Å²) >= 11 is 0. The van der Waals surface area contributed by atoms with Crippen molar-refractivity contribution in [3.63, 3.8) is 0 Å². The minimum atomic E-state index is 0.235. The molecule has 3 aromatic rings. The second-order valence-corrected chi connectivity index (χ2v) is 5.27. The fourth-order valence-corrected chi connectivity index (χ4v) is 2.80. The SMILES string of the molecule is Nc1cccc(Nc2nc(N)nc3c2CCc2occc2-3)c1. The Balaban J connectivity index is 1.81. The zero-order chi connectivity index (χ0) is 15.1. The molecule has 0 bridgehead atoms. The van der Waals surface area contributed by atoms with Crippen molar-refractivity contribution in [1.82, 2.24) is 9.97 Å². The molecule has 5 N–H and O–H groups in total. The molecule has 2 aromatic heterocycles. The second kappa shape index (κ2) is 4.77. The topological polar surface area (TPSA) is 103 Å². The van der Waals surface area contributed by atoms with Crippen LogP contribution in [0.1, 0.15) is 11.3 Å². The molecule has 0 radical (unpaired) electrons. The average Bonchev–Trinajstić information content (AvgIpc) is 2.96. The maximum atomic E-state index is 5.87. The van der Waals surface area contributed by atoms with Crippen molar-refractivity contribution >= 4 is 23.1 Å². The van der Waals surface area contributed by atoms with Gasteiger partial charge in [-0.15, -0.1) is 0 Å². The third-order valence-corrected chi connectivity index (χ3v) is 3.78. The molecule has 0 aliphatic heterocycles. The Morgan fingerprint density at radius 1 is 1.09 bits per heavy atom. The summed E-state index contributed by atoms with van der Waals surface area (Å²) in [6.07, 6.45) is 3.32. The lowest BCUT2D eigenvalue weighted by Crippen LogP contribution is -2.11. The fourth-order valence-electron chi connectivity index (χ4n) is 2.80. The number of furan rings is 1. The smallest absolute Gasteiger partial charge is 0.222 e. The number of fused-ring (bicyclic) bond motifs is 3. The first-order valence-corrected chi connectivity index (χ1v) is 7.06. The number of benzene rings is 1. The van der Waals surface area contributed by atoms with Crippen LogP contribution in [0.15, 0.2) is 41.0 Å². The van der Waals surface area contributed by atoms with Crippen molar-refractivity contribution in [1.29, 1.82) is 0 Å². The van der Waals surface area contributed by atoms with Gasteiger partial charge in [0, 0.05) is 28.9 Å². The number of nitrogens with one attached hydrogen (secondary N) is 1. The number of anilines is 4. The van der Waals surface area contributed by atoms with Crippen LogP contribution in [0.2, 0.25) is 0 Å². The van der Waals surface area contributed by atoms with Gasteiger partial charge < -0.3 is 21.2 Å². The molecule has 0 unspecified atom stereocenters. The van der Waals surface area contributed by atoms with E-state index in [0.717, 1.165) is 46.9 Å². The molecule has 2 heterocycles. The van der Waals surface area contributed by atoms with E-state index in [1.165, 1.54) is 0 Å². The highest BCUT2D eigenvalue weighted by atomic mass is 16.3. The minimum Gasteiger partial charge on any atom is -0.469 e. The maximum absolute atomic E-state index is 5.87. The van der Waals surface area contributed by atoms with Gasteiger partial charge in [-0.25, -0.2) is 4.98 Å². The van der Waals surface area contributed by atoms with E-state index in [9.17, 15) is 0 Å². The molecule has 1 aromatic carbocycles. The maximum Gasteiger partial charge on any atom is 0.222 e. The van der Waals surface area contributed by atoms with Crippen LogP contribution in [-0.2, 0) is 12.8 Å². The highest BCUT2D eigenvalue weighted by Crippen LogP contribution is 2.37. The lowest BCUT2D eigenvalue weighted by molar-refractivity contribution is 0.507. The normalized spacial score (nSPS) is 12.5. The highest BCUT2D eigenvalue weighted by Gasteiger charge is 2.24. The molecule has 110 valence electrons. The van der Waals surface area contributed by atoms with Gasteiger partial charge >= 0.3 is 0 Å². The van der Waals surface area contributed by atoms with Crippen LogP contribution < -0.4 is 16.8 Å². The molecule has 0 fully saturated rings. The van der Waals surface area contributed by atoms with Crippen LogP contribution in [0.3, 0.4) is 0 Å². The van der Waals surface area contributed by atoms with Crippen LogP contribution in [-0.4, -0.2) is 9.97 Å². The van der Waals surface area contributed by atoms with Crippen molar-refractivity contribution in [2.45, 2.75) is 12.8 Å². The molecule has 6 nitrogen and oxygen atoms in total. The lowest BCUT2D eigenvalue weighted by Gasteiger charge is -2.19. The van der Waals surface area contributed by atoms with E-state index >= 15 is 0 Å². The van der Waals surface area contributed by atoms with Crippen LogP contribution in [0.25, 0.3) is 11.3 Å². The van der Waals surface area contributed by atoms with Gasteiger partial charge in [-0.3, -0.25) is 0 Å². The van der Waals surface area contributed by atoms with Crippen LogP contribution in [0.5, 0.6) is 0 Å². The monoisotopic (exact) mass is 293 g/mol. The Hall–Kier alpha value is -3.02. The molecule has 0 saturated carbocycles. The number of nitrogen functional groups attached to an aromatic ring is 2. The highest BCUT2D eigenvalue weighted by molar-refractivity contribution is 5.76. The number of aromatic nitrogens is 2. The third kappa shape index (κ3) is 2.05. The van der Waals surface area contributed by atoms with Crippen LogP contribution in [0, 0.1) is 0 Å². The lowest BCUT2D eigenvalue weighted by atomic mass is 9.95. The van der Waals surface area contributed by atoms with Crippen molar-refractivity contribution in [2.75, 3.05) is 16.8 Å². The Kier molecular flexibility index (Phi) is 2.75. The summed E-state index contributed by atoms with van der Waals surface area (Å²) in [6, 6.07) is 9.45. The Morgan fingerprint density at radius 2 is 2.00 bits per heavy atom. The summed E-state index contributed by atoms with van der Waals surface area (Å²) in [6.45, 7) is 0. The van der Waals surface area contributed by atoms with E-state index < -0.39 is 0 Å². The molecule has 1 aliphatic rings. The summed E-state index contributed by atoms with van der Waals surface area (Å²) in [4.78, 5) is 8.74. The number of nitrogens with two attached hydrogens (primary N) is 2. The molecular formula is C16H15N5O. The molecule has 0 amide bonds. The zero-order valence-electron chi connectivity index (χ0n) is 11.8. The molecule has 6 heteroatoms. The Bertz CT molecular complexity index is 855. The van der Waals surface area contributed by atoms with Gasteiger partial charge in [0.25, 0.3) is 0 Å². The van der Waals surface area contributed by atoms with Crippen LogP contribution >= 0.6 is 0 Å². The largest absolute Gasteiger partial charge is 0.469 e. The molecule has 0 atom stereocenters. The van der Waals surface area contributed by atoms with Crippen molar-refractivity contribution in [2.24, 2.45) is 0 Å². The Morgan fingerprint density at radius 3 is 2.86 bits per heavy atom. The number of hydrogen-bond acceptors (Lipinski definition) is 6. The second-order valence-electron chi connectivity index (χ2n) is 5.27. The van der Waals surface area contributed by atoms with Gasteiger partial charge in [-0.2, -0.15) is 4.98 Å². The first kappa shape index (κ1) is 12.7. The molecule has 1 aliphatic carbocycles. The van der Waals surface area contributed by atoms with E-state index in [1.54, 1.807) is 6.26 Å². The quantitative estimate of drug-likeness (QED) is 0.628. The summed E-state index contributed by atoms with van der Waals surface area (Å²) in [7, 11) is 0. The predicted octanol–water partition coefficient (Wildman–Crippen LogP) is 2.74. The van der Waals surface area contributed by atoms with Crippen LogP contribution in [0.4, 0.5) is 23.1 Å². The molecular weight excluding hydrogens is 278 g/mol. The molecule has 4 rings (SSSR count). The van der Waals surface area contributed by atoms with Gasteiger partial charge in [-0.05, 0) is 30.7 Å². The predicted molar refractivity (Wildman–Crippen MR) is 85.7 cm³/mol. The standard InChI is InChI=1S/C16H15N5O/c17-9-2-1-3-10(8-9)19-15-12-4-5-13-11(6-7-22-13)14(12)20-16(18)21-15/h1-3,6-8H,4-5,17H2,(H3,18,19,20,21). The third-order valence-electron chi connectivity index (χ3n) is 3.78. The van der Waals surface area contributed by atoms with Crippen molar-refractivity contribution in [3.05, 3.63) is 47.9 Å². The van der Waals surface area contributed by atoms with Gasteiger partial charge in [-0.1, -0.05) is 6.07 Å². The van der Waals surface area contributed by atoms with E-state index in [-0.39, 0.29) is 5.95 Å².